The van der Waals surface area contributed by atoms with E-state index < -0.39 is 0 Å². The maximum Gasteiger partial charge on any atom is 0.151 e. The third-order valence-corrected chi connectivity index (χ3v) is 9.87. The summed E-state index contributed by atoms with van der Waals surface area (Å²) in [6.45, 7) is 19.9. The van der Waals surface area contributed by atoms with Gasteiger partial charge in [0.05, 0.1) is 22.3 Å². The highest BCUT2D eigenvalue weighted by Crippen LogP contribution is 2.42. The van der Waals surface area contributed by atoms with E-state index in [0.29, 0.717) is 11.4 Å². The number of imidazole rings is 1. The molecule has 1 N–H and O–H groups in total. The van der Waals surface area contributed by atoms with Crippen molar-refractivity contribution < 1.29 is 5.11 Å². The molecule has 0 aliphatic rings. The first kappa shape index (κ1) is 34.9. The van der Waals surface area contributed by atoms with Crippen LogP contribution in [0.3, 0.4) is 0 Å². The number of aromatic nitrogens is 4. The Kier molecular flexibility index (Phi) is 8.65. The second kappa shape index (κ2) is 12.9. The largest absolute Gasteiger partial charge is 0.507 e. The second-order valence-corrected chi connectivity index (χ2v) is 16.9. The molecule has 4 aromatic carbocycles. The van der Waals surface area contributed by atoms with E-state index in [2.05, 4.69) is 145 Å². The number of hydrogen-bond donors (Lipinski definition) is 1. The first-order chi connectivity index (χ1) is 24.6. The molecular formula is C47H48N4O. The fourth-order valence-electron chi connectivity index (χ4n) is 6.81. The summed E-state index contributed by atoms with van der Waals surface area (Å²) < 4.78 is 2.13. The van der Waals surface area contributed by atoms with Gasteiger partial charge in [0, 0.05) is 41.0 Å². The van der Waals surface area contributed by atoms with Gasteiger partial charge in [-0.05, 0) is 92.6 Å². The Bertz CT molecular complexity index is 2370. The van der Waals surface area contributed by atoms with E-state index in [1.807, 2.05) is 36.5 Å². The van der Waals surface area contributed by atoms with Crippen molar-refractivity contribution in [1.29, 1.82) is 0 Å². The lowest BCUT2D eigenvalue weighted by atomic mass is 9.78. The molecule has 5 nitrogen and oxygen atoms in total. The Balaban J connectivity index is 1.53. The number of rotatable bonds is 5. The molecule has 3 heterocycles. The molecule has 5 heteroatoms. The zero-order valence-electron chi connectivity index (χ0n) is 31.8. The van der Waals surface area contributed by atoms with E-state index in [1.54, 1.807) is 12.4 Å². The van der Waals surface area contributed by atoms with Gasteiger partial charge in [-0.3, -0.25) is 14.5 Å². The van der Waals surface area contributed by atoms with Crippen molar-refractivity contribution in [2.75, 3.05) is 0 Å². The van der Waals surface area contributed by atoms with Gasteiger partial charge in [-0.15, -0.1) is 0 Å². The molecule has 0 spiro atoms. The average molecular weight is 685 g/mol. The fraction of sp³-hybridized carbons (Fsp3) is 0.255. The summed E-state index contributed by atoms with van der Waals surface area (Å²) in [5, 5.41) is 11.7. The van der Waals surface area contributed by atoms with E-state index in [9.17, 15) is 5.11 Å². The van der Waals surface area contributed by atoms with Crippen LogP contribution in [-0.4, -0.2) is 24.6 Å². The van der Waals surface area contributed by atoms with Crippen molar-refractivity contribution in [3.63, 3.8) is 0 Å². The van der Waals surface area contributed by atoms with Crippen LogP contribution in [0.15, 0.2) is 122 Å². The maximum atomic E-state index is 11.7. The quantitative estimate of drug-likeness (QED) is 0.196. The molecule has 0 aliphatic carbocycles. The Labute approximate surface area is 308 Å². The van der Waals surface area contributed by atoms with Gasteiger partial charge in [0.15, 0.2) is 5.82 Å². The molecule has 0 saturated heterocycles. The van der Waals surface area contributed by atoms with Gasteiger partial charge in [0.1, 0.15) is 5.75 Å². The lowest BCUT2D eigenvalue weighted by Crippen LogP contribution is -2.16. The van der Waals surface area contributed by atoms with Gasteiger partial charge in [0.2, 0.25) is 0 Å². The molecule has 0 saturated carbocycles. The minimum Gasteiger partial charge on any atom is -0.507 e. The zero-order chi connectivity index (χ0) is 37.0. The topological polar surface area (TPSA) is 63.8 Å². The van der Waals surface area contributed by atoms with Crippen LogP contribution >= 0.6 is 0 Å². The third-order valence-electron chi connectivity index (χ3n) is 9.87. The predicted molar refractivity (Wildman–Crippen MR) is 216 cm³/mol. The number of nitrogens with zero attached hydrogens (tertiary/aromatic N) is 4. The smallest absolute Gasteiger partial charge is 0.151 e. The van der Waals surface area contributed by atoms with Crippen molar-refractivity contribution in [1.82, 2.24) is 19.5 Å². The average Bonchev–Trinajstić information content (AvgIpc) is 3.50. The van der Waals surface area contributed by atoms with Crippen LogP contribution in [0.2, 0.25) is 0 Å². The molecule has 0 aliphatic heterocycles. The molecule has 52 heavy (non-hydrogen) atoms. The standard InChI is InChI=1S/C47H48N4O/c1-45(2,3)34-25-31(26-35(27-34)46(4,5)6)30-22-32(24-33(23-30)40-19-13-14-21-49-40)37-18-15-20-41-42(37)50-44(51(41)36-16-11-10-12-17-36)38-28-48-29-39(43(38)52)47(7,8)9/h10-29H,1-9H3,(H,48,52). The maximum absolute atomic E-state index is 11.7. The number of hydrogen-bond acceptors (Lipinski definition) is 4. The minimum atomic E-state index is -0.304. The Morgan fingerprint density at radius 3 is 1.83 bits per heavy atom. The van der Waals surface area contributed by atoms with Crippen LogP contribution in [0.5, 0.6) is 5.75 Å². The van der Waals surface area contributed by atoms with Crippen molar-refractivity contribution in [2.24, 2.45) is 0 Å². The number of fused-ring (bicyclic) bond motifs is 1. The SMILES string of the molecule is CC(C)(C)c1cc(-c2cc(-c3ccccn3)cc(-c3cccc4c3nc(-c3cncc(C(C)(C)C)c3O)n4-c3ccccc3)c2)cc(C(C)(C)C)c1. The summed E-state index contributed by atoms with van der Waals surface area (Å²) in [6.07, 6.45) is 5.32. The molecule has 0 fully saturated rings. The highest BCUT2D eigenvalue weighted by molar-refractivity contribution is 5.97. The number of aromatic hydroxyl groups is 1. The van der Waals surface area contributed by atoms with Crippen molar-refractivity contribution >= 4 is 11.0 Å². The van der Waals surface area contributed by atoms with E-state index in [0.717, 1.165) is 50.2 Å². The molecule has 7 aromatic rings. The zero-order valence-corrected chi connectivity index (χ0v) is 31.8. The molecule has 0 radical (unpaired) electrons. The first-order valence-electron chi connectivity index (χ1n) is 18.1. The molecule has 3 aromatic heterocycles. The summed E-state index contributed by atoms with van der Waals surface area (Å²) in [4.78, 5) is 14.7. The van der Waals surface area contributed by atoms with Crippen LogP contribution in [0.4, 0.5) is 0 Å². The van der Waals surface area contributed by atoms with Gasteiger partial charge in [-0.2, -0.15) is 0 Å². The van der Waals surface area contributed by atoms with Gasteiger partial charge >= 0.3 is 0 Å². The van der Waals surface area contributed by atoms with Gasteiger partial charge in [0.25, 0.3) is 0 Å². The fourth-order valence-corrected chi connectivity index (χ4v) is 6.81. The monoisotopic (exact) mass is 684 g/mol. The Morgan fingerprint density at radius 1 is 0.558 bits per heavy atom. The van der Waals surface area contributed by atoms with E-state index in [-0.39, 0.29) is 22.0 Å². The number of pyridine rings is 2. The normalized spacial score (nSPS) is 12.4. The molecule has 0 amide bonds. The summed E-state index contributed by atoms with van der Waals surface area (Å²) >= 11 is 0. The summed E-state index contributed by atoms with van der Waals surface area (Å²) in [6, 6.07) is 36.4. The second-order valence-electron chi connectivity index (χ2n) is 16.9. The summed E-state index contributed by atoms with van der Waals surface area (Å²) in [5.74, 6) is 0.836. The van der Waals surface area contributed by atoms with E-state index >= 15 is 0 Å². The van der Waals surface area contributed by atoms with Crippen LogP contribution in [0.1, 0.15) is 79.0 Å². The predicted octanol–water partition coefficient (Wildman–Crippen LogP) is 12.1. The van der Waals surface area contributed by atoms with Crippen molar-refractivity contribution in [2.45, 2.75) is 78.6 Å². The first-order valence-corrected chi connectivity index (χ1v) is 18.1. The third kappa shape index (κ3) is 6.64. The minimum absolute atomic E-state index is 0.0194. The molecule has 7 rings (SSSR count). The Hall–Kier alpha value is -5.55. The lowest BCUT2D eigenvalue weighted by molar-refractivity contribution is 0.446. The van der Waals surface area contributed by atoms with Crippen molar-refractivity contribution in [3.05, 3.63) is 138 Å². The van der Waals surface area contributed by atoms with E-state index in [4.69, 9.17) is 9.97 Å². The van der Waals surface area contributed by atoms with Crippen LogP contribution in [-0.2, 0) is 16.2 Å². The Morgan fingerprint density at radius 2 is 1.19 bits per heavy atom. The lowest BCUT2D eigenvalue weighted by Gasteiger charge is -2.26. The number of benzene rings is 4. The van der Waals surface area contributed by atoms with Crippen LogP contribution < -0.4 is 0 Å². The molecule has 0 bridgehead atoms. The number of para-hydroxylation sites is 2. The van der Waals surface area contributed by atoms with Crippen LogP contribution in [0, 0.1) is 0 Å². The highest BCUT2D eigenvalue weighted by Gasteiger charge is 2.26. The van der Waals surface area contributed by atoms with Crippen molar-refractivity contribution in [3.8, 4) is 56.3 Å². The molecule has 262 valence electrons. The summed E-state index contributed by atoms with van der Waals surface area (Å²) in [7, 11) is 0. The van der Waals surface area contributed by atoms with Gasteiger partial charge < -0.3 is 5.11 Å². The van der Waals surface area contributed by atoms with Gasteiger partial charge in [-0.1, -0.05) is 117 Å². The van der Waals surface area contributed by atoms with Crippen LogP contribution in [0.25, 0.3) is 61.6 Å². The van der Waals surface area contributed by atoms with Gasteiger partial charge in [-0.25, -0.2) is 4.98 Å². The highest BCUT2D eigenvalue weighted by atomic mass is 16.3. The summed E-state index contributed by atoms with van der Waals surface area (Å²) in [5.41, 5.74) is 12.6. The molecule has 0 atom stereocenters. The molecule has 0 unspecified atom stereocenters. The van der Waals surface area contributed by atoms with E-state index in [1.165, 1.54) is 16.7 Å². The molecular weight excluding hydrogens is 637 g/mol.